The Morgan fingerprint density at radius 3 is 2.91 bits per heavy atom. The van der Waals surface area contributed by atoms with Crippen LogP contribution in [0.1, 0.15) is 25.1 Å². The van der Waals surface area contributed by atoms with Gasteiger partial charge >= 0.3 is 0 Å². The molecule has 5 nitrogen and oxygen atoms in total. The molecule has 1 aliphatic heterocycles. The number of nitrogens with zero attached hydrogens (tertiary/aromatic N) is 3. The predicted octanol–water partition coefficient (Wildman–Crippen LogP) is 1.48. The summed E-state index contributed by atoms with van der Waals surface area (Å²) in [5.74, 6) is 0.178. The average Bonchev–Trinajstić information content (AvgIpc) is 3.01. The van der Waals surface area contributed by atoms with Crippen molar-refractivity contribution in [2.24, 2.45) is 0 Å². The number of aliphatic hydroxyl groups excluding tert-OH is 1. The summed E-state index contributed by atoms with van der Waals surface area (Å²) in [4.78, 5) is 20.1. The first-order valence-electron chi connectivity index (χ1n) is 8.40. The van der Waals surface area contributed by atoms with Crippen LogP contribution in [-0.2, 0) is 11.3 Å². The van der Waals surface area contributed by atoms with E-state index in [-0.39, 0.29) is 12.0 Å². The first-order chi connectivity index (χ1) is 11.0. The molecule has 0 bridgehead atoms. The predicted molar refractivity (Wildman–Crippen MR) is 94.6 cm³/mol. The lowest BCUT2D eigenvalue weighted by molar-refractivity contribution is -0.132. The van der Waals surface area contributed by atoms with E-state index in [0.29, 0.717) is 19.1 Å². The zero-order chi connectivity index (χ0) is 16.8. The van der Waals surface area contributed by atoms with Gasteiger partial charge in [0.05, 0.1) is 19.2 Å². The lowest BCUT2D eigenvalue weighted by Crippen LogP contribution is -2.56. The van der Waals surface area contributed by atoms with Crippen LogP contribution in [0, 0.1) is 0 Å². The summed E-state index contributed by atoms with van der Waals surface area (Å²) < 4.78 is 0. The monoisotopic (exact) mass is 339 g/mol. The molecule has 6 heteroatoms. The highest BCUT2D eigenvalue weighted by molar-refractivity contribution is 7.09. The molecular formula is C17H29N3O2S. The Morgan fingerprint density at radius 2 is 2.30 bits per heavy atom. The number of rotatable bonds is 7. The Balaban J connectivity index is 1.82. The van der Waals surface area contributed by atoms with Gasteiger partial charge in [-0.05, 0) is 24.8 Å². The second kappa shape index (κ2) is 8.78. The van der Waals surface area contributed by atoms with Crippen molar-refractivity contribution in [2.45, 2.75) is 39.0 Å². The fraction of sp³-hybridized carbons (Fsp3) is 0.706. The van der Waals surface area contributed by atoms with Gasteiger partial charge in [0.15, 0.2) is 0 Å². The molecule has 1 aliphatic rings. The summed E-state index contributed by atoms with van der Waals surface area (Å²) in [6.07, 6.45) is 0.747. The molecule has 23 heavy (non-hydrogen) atoms. The van der Waals surface area contributed by atoms with Gasteiger partial charge < -0.3 is 10.0 Å². The molecule has 0 radical (unpaired) electrons. The van der Waals surface area contributed by atoms with Gasteiger partial charge in [-0.1, -0.05) is 13.0 Å². The Hall–Kier alpha value is -0.950. The molecule has 0 unspecified atom stereocenters. The molecule has 2 atom stereocenters. The first kappa shape index (κ1) is 18.4. The van der Waals surface area contributed by atoms with E-state index < -0.39 is 0 Å². The van der Waals surface area contributed by atoms with E-state index in [2.05, 4.69) is 22.8 Å². The van der Waals surface area contributed by atoms with Gasteiger partial charge in [-0.3, -0.25) is 14.6 Å². The second-order valence-corrected chi connectivity index (χ2v) is 7.50. The molecule has 0 aliphatic carbocycles. The van der Waals surface area contributed by atoms with Crippen LogP contribution >= 0.6 is 11.3 Å². The van der Waals surface area contributed by atoms with E-state index in [1.807, 2.05) is 30.3 Å². The molecule has 1 N–H and O–H groups in total. The van der Waals surface area contributed by atoms with Gasteiger partial charge in [0.25, 0.3) is 0 Å². The smallest absolute Gasteiger partial charge is 0.236 e. The third-order valence-electron chi connectivity index (χ3n) is 4.42. The third-order valence-corrected chi connectivity index (χ3v) is 5.28. The van der Waals surface area contributed by atoms with Crippen molar-refractivity contribution in [3.63, 3.8) is 0 Å². The standard InChI is InChI=1S/C17H29N3O2S/c1-4-15-11-19(7-8-20(15)10-14(2)21)13-17(22)18(3)12-16-6-5-9-23-16/h5-6,9,14-15,21H,4,7-8,10-13H2,1-3H3/t14-,15+/m1/s1. The van der Waals surface area contributed by atoms with Crippen LogP contribution in [0.25, 0.3) is 0 Å². The van der Waals surface area contributed by atoms with E-state index >= 15 is 0 Å². The third kappa shape index (κ3) is 5.57. The van der Waals surface area contributed by atoms with Crippen molar-refractivity contribution in [1.29, 1.82) is 0 Å². The van der Waals surface area contributed by atoms with Gasteiger partial charge in [0.1, 0.15) is 0 Å². The topological polar surface area (TPSA) is 47.0 Å². The summed E-state index contributed by atoms with van der Waals surface area (Å²) in [6, 6.07) is 4.51. The average molecular weight is 340 g/mol. The maximum Gasteiger partial charge on any atom is 0.236 e. The van der Waals surface area contributed by atoms with Crippen LogP contribution in [0.4, 0.5) is 0 Å². The van der Waals surface area contributed by atoms with Crippen molar-refractivity contribution in [3.8, 4) is 0 Å². The number of carbonyl (C=O) groups is 1. The first-order valence-corrected chi connectivity index (χ1v) is 9.28. The minimum Gasteiger partial charge on any atom is -0.392 e. The largest absolute Gasteiger partial charge is 0.392 e. The minimum absolute atomic E-state index is 0.178. The number of β-amino-alcohol motifs (C(OH)–C–C–N with tert-alkyl or cyclic N) is 1. The number of piperazine rings is 1. The quantitative estimate of drug-likeness (QED) is 0.817. The molecule has 130 valence electrons. The van der Waals surface area contributed by atoms with E-state index in [4.69, 9.17) is 0 Å². The van der Waals surface area contributed by atoms with Crippen LogP contribution < -0.4 is 0 Å². The molecule has 1 saturated heterocycles. The van der Waals surface area contributed by atoms with Crippen molar-refractivity contribution < 1.29 is 9.90 Å². The van der Waals surface area contributed by atoms with E-state index in [9.17, 15) is 9.90 Å². The maximum absolute atomic E-state index is 12.4. The van der Waals surface area contributed by atoms with Gasteiger partial charge in [-0.25, -0.2) is 0 Å². The van der Waals surface area contributed by atoms with Crippen molar-refractivity contribution >= 4 is 17.2 Å². The fourth-order valence-corrected chi connectivity index (χ4v) is 3.86. The molecule has 1 amide bonds. The highest BCUT2D eigenvalue weighted by Crippen LogP contribution is 2.15. The molecular weight excluding hydrogens is 310 g/mol. The van der Waals surface area contributed by atoms with Gasteiger partial charge in [-0.2, -0.15) is 0 Å². The number of hydrogen-bond acceptors (Lipinski definition) is 5. The van der Waals surface area contributed by atoms with E-state index in [0.717, 1.165) is 32.6 Å². The van der Waals surface area contributed by atoms with Crippen LogP contribution in [-0.4, -0.2) is 77.6 Å². The van der Waals surface area contributed by atoms with Crippen molar-refractivity contribution in [1.82, 2.24) is 14.7 Å². The van der Waals surface area contributed by atoms with Crippen LogP contribution in [0.5, 0.6) is 0 Å². The molecule has 1 fully saturated rings. The highest BCUT2D eigenvalue weighted by Gasteiger charge is 2.27. The normalized spacial score (nSPS) is 21.3. The summed E-state index contributed by atoms with van der Waals surface area (Å²) in [7, 11) is 1.88. The van der Waals surface area contributed by atoms with Crippen LogP contribution in [0.3, 0.4) is 0 Å². The summed E-state index contributed by atoms with van der Waals surface area (Å²) in [5.41, 5.74) is 0. The van der Waals surface area contributed by atoms with Crippen molar-refractivity contribution in [2.75, 3.05) is 39.8 Å². The molecule has 1 aromatic rings. The number of carbonyl (C=O) groups excluding carboxylic acids is 1. The minimum atomic E-state index is -0.297. The lowest BCUT2D eigenvalue weighted by Gasteiger charge is -2.41. The van der Waals surface area contributed by atoms with E-state index in [1.165, 1.54) is 4.88 Å². The molecule has 0 spiro atoms. The summed E-state index contributed by atoms with van der Waals surface area (Å²) in [5, 5.41) is 11.7. The Labute approximate surface area is 143 Å². The molecule has 2 heterocycles. The molecule has 0 saturated carbocycles. The van der Waals surface area contributed by atoms with Crippen molar-refractivity contribution in [3.05, 3.63) is 22.4 Å². The van der Waals surface area contributed by atoms with Gasteiger partial charge in [0.2, 0.25) is 5.91 Å². The van der Waals surface area contributed by atoms with Crippen LogP contribution in [0.2, 0.25) is 0 Å². The molecule has 1 aromatic heterocycles. The van der Waals surface area contributed by atoms with Crippen LogP contribution in [0.15, 0.2) is 17.5 Å². The second-order valence-electron chi connectivity index (χ2n) is 6.47. The lowest BCUT2D eigenvalue weighted by atomic mass is 10.1. The number of aliphatic hydroxyl groups is 1. The van der Waals surface area contributed by atoms with E-state index in [1.54, 1.807) is 11.3 Å². The summed E-state index contributed by atoms with van der Waals surface area (Å²) >= 11 is 1.69. The number of thiophene rings is 1. The Morgan fingerprint density at radius 1 is 1.52 bits per heavy atom. The molecule has 0 aromatic carbocycles. The number of amides is 1. The molecule has 2 rings (SSSR count). The SMILES string of the molecule is CC[C@H]1CN(CC(=O)N(C)Cc2cccs2)CCN1C[C@@H](C)O. The Kier molecular flexibility index (Phi) is 7.02. The number of hydrogen-bond donors (Lipinski definition) is 1. The van der Waals surface area contributed by atoms with Gasteiger partial charge in [0, 0.05) is 44.1 Å². The Bertz CT molecular complexity index is 478. The highest BCUT2D eigenvalue weighted by atomic mass is 32.1. The maximum atomic E-state index is 12.4. The van der Waals surface area contributed by atoms with Gasteiger partial charge in [-0.15, -0.1) is 11.3 Å². The number of likely N-dealkylation sites (N-methyl/N-ethyl adjacent to an activating group) is 1. The fourth-order valence-electron chi connectivity index (χ4n) is 3.10. The summed E-state index contributed by atoms with van der Waals surface area (Å²) in [6.45, 7) is 8.63. The zero-order valence-corrected chi connectivity index (χ0v) is 15.3. The zero-order valence-electron chi connectivity index (χ0n) is 14.4.